The summed E-state index contributed by atoms with van der Waals surface area (Å²) >= 11 is 0. The summed E-state index contributed by atoms with van der Waals surface area (Å²) in [5.41, 5.74) is 2.99. The fraction of sp³-hybridized carbons (Fsp3) is 0.571. The van der Waals surface area contributed by atoms with Gasteiger partial charge in [0.2, 0.25) is 0 Å². The maximum Gasteiger partial charge on any atom is -0.0279 e. The number of unbranched alkanes of at least 4 members (excludes halogenated alkanes) is 2. The third-order valence-corrected chi connectivity index (χ3v) is 2.66. The van der Waals surface area contributed by atoms with Crippen molar-refractivity contribution in [1.82, 2.24) is 6.15 Å². The predicted octanol–water partition coefficient (Wildman–Crippen LogP) is 4.53. The van der Waals surface area contributed by atoms with E-state index in [2.05, 4.69) is 38.1 Å². The summed E-state index contributed by atoms with van der Waals surface area (Å²) in [4.78, 5) is 0. The molecule has 0 atom stereocenters. The first-order chi connectivity index (χ1) is 6.86. The zero-order valence-corrected chi connectivity index (χ0v) is 10.3. The summed E-state index contributed by atoms with van der Waals surface area (Å²) in [5.74, 6) is 0. The lowest BCUT2D eigenvalue weighted by molar-refractivity contribution is 0.786. The van der Waals surface area contributed by atoms with Crippen LogP contribution in [0.25, 0.3) is 0 Å². The predicted molar refractivity (Wildman–Crippen MR) is 68.7 cm³/mol. The maximum atomic E-state index is 2.29. The van der Waals surface area contributed by atoms with Crippen molar-refractivity contribution in [2.24, 2.45) is 0 Å². The van der Waals surface area contributed by atoms with E-state index in [1.54, 1.807) is 0 Å². The molecule has 0 aliphatic carbocycles. The van der Waals surface area contributed by atoms with E-state index in [0.29, 0.717) is 0 Å². The number of rotatable bonds is 6. The smallest absolute Gasteiger partial charge is 0.0279 e. The highest BCUT2D eigenvalue weighted by Crippen LogP contribution is 2.10. The summed E-state index contributed by atoms with van der Waals surface area (Å²) in [6.45, 7) is 4.49. The fourth-order valence-electron chi connectivity index (χ4n) is 1.63. The van der Waals surface area contributed by atoms with Crippen molar-refractivity contribution < 1.29 is 0 Å². The van der Waals surface area contributed by atoms with Crippen LogP contribution in [-0.2, 0) is 12.8 Å². The largest absolute Gasteiger partial charge is 0.344 e. The molecule has 0 radical (unpaired) electrons. The van der Waals surface area contributed by atoms with Gasteiger partial charge >= 0.3 is 0 Å². The highest BCUT2D eigenvalue weighted by Gasteiger charge is 1.94. The fourth-order valence-corrected chi connectivity index (χ4v) is 1.63. The quantitative estimate of drug-likeness (QED) is 0.730. The molecule has 0 amide bonds. The first-order valence-electron chi connectivity index (χ1n) is 5.94. The lowest BCUT2D eigenvalue weighted by Crippen LogP contribution is -1.87. The molecule has 0 unspecified atom stereocenters. The number of hydrogen-bond donors (Lipinski definition) is 1. The minimum Gasteiger partial charge on any atom is -0.344 e. The third-order valence-electron chi connectivity index (χ3n) is 2.66. The maximum absolute atomic E-state index is 2.29. The van der Waals surface area contributed by atoms with E-state index >= 15 is 0 Å². The molecule has 1 aromatic rings. The van der Waals surface area contributed by atoms with E-state index in [1.807, 2.05) is 0 Å². The van der Waals surface area contributed by atoms with Gasteiger partial charge in [0, 0.05) is 0 Å². The van der Waals surface area contributed by atoms with Crippen LogP contribution in [0.2, 0.25) is 0 Å². The number of hydrogen-bond acceptors (Lipinski definition) is 1. The van der Waals surface area contributed by atoms with Crippen molar-refractivity contribution in [3.8, 4) is 0 Å². The van der Waals surface area contributed by atoms with Crippen molar-refractivity contribution >= 4 is 0 Å². The molecule has 1 aromatic carbocycles. The van der Waals surface area contributed by atoms with Crippen molar-refractivity contribution in [3.63, 3.8) is 0 Å². The van der Waals surface area contributed by atoms with E-state index in [0.717, 1.165) is 0 Å². The topological polar surface area (TPSA) is 35.0 Å². The Morgan fingerprint density at radius 3 is 1.33 bits per heavy atom. The van der Waals surface area contributed by atoms with Gasteiger partial charge in [-0.15, -0.1) is 0 Å². The molecule has 0 saturated carbocycles. The summed E-state index contributed by atoms with van der Waals surface area (Å²) < 4.78 is 0. The van der Waals surface area contributed by atoms with E-state index in [1.165, 1.54) is 49.7 Å². The monoisotopic (exact) mass is 207 g/mol. The molecule has 0 spiro atoms. The molecule has 1 heteroatoms. The zero-order chi connectivity index (χ0) is 10.2. The van der Waals surface area contributed by atoms with Crippen LogP contribution in [0.4, 0.5) is 0 Å². The Hall–Kier alpha value is -0.820. The lowest BCUT2D eigenvalue weighted by atomic mass is 10.0. The van der Waals surface area contributed by atoms with Crippen LogP contribution < -0.4 is 6.15 Å². The number of benzene rings is 1. The first kappa shape index (κ1) is 14.2. The van der Waals surface area contributed by atoms with Gasteiger partial charge in [-0.2, -0.15) is 0 Å². The van der Waals surface area contributed by atoms with Gasteiger partial charge in [-0.25, -0.2) is 0 Å². The van der Waals surface area contributed by atoms with Gasteiger partial charge in [-0.05, 0) is 36.8 Å². The average Bonchev–Trinajstić information content (AvgIpc) is 2.25. The Balaban J connectivity index is 0.00000196. The van der Waals surface area contributed by atoms with Gasteiger partial charge in [0.15, 0.2) is 0 Å². The standard InChI is InChI=1S/C14H22.H3N/c1-3-5-7-13-9-11-14(12-10-13)8-6-4-2;/h9-12H,3-8H2,1-2H3;1H3. The molecule has 0 saturated heterocycles. The van der Waals surface area contributed by atoms with Crippen LogP contribution in [-0.4, -0.2) is 0 Å². The summed E-state index contributed by atoms with van der Waals surface area (Å²) in [5, 5.41) is 0. The van der Waals surface area contributed by atoms with E-state index in [9.17, 15) is 0 Å². The average molecular weight is 207 g/mol. The second kappa shape index (κ2) is 8.49. The van der Waals surface area contributed by atoms with Gasteiger partial charge in [0.1, 0.15) is 0 Å². The molecule has 0 bridgehead atoms. The van der Waals surface area contributed by atoms with E-state index < -0.39 is 0 Å². The first-order valence-corrected chi connectivity index (χ1v) is 5.94. The Labute approximate surface area is 94.5 Å². The molecule has 0 fully saturated rings. The molecule has 0 aliphatic rings. The third kappa shape index (κ3) is 5.58. The molecular weight excluding hydrogens is 182 g/mol. The molecule has 3 N–H and O–H groups in total. The van der Waals surface area contributed by atoms with Crippen LogP contribution >= 0.6 is 0 Å². The summed E-state index contributed by atoms with van der Waals surface area (Å²) in [7, 11) is 0. The van der Waals surface area contributed by atoms with E-state index in [4.69, 9.17) is 0 Å². The van der Waals surface area contributed by atoms with Crippen molar-refractivity contribution in [2.75, 3.05) is 0 Å². The van der Waals surface area contributed by atoms with Gasteiger partial charge in [0.25, 0.3) is 0 Å². The second-order valence-electron chi connectivity index (χ2n) is 4.02. The van der Waals surface area contributed by atoms with Gasteiger partial charge in [-0.3, -0.25) is 0 Å². The molecular formula is C14H25N. The van der Waals surface area contributed by atoms with Gasteiger partial charge in [0.05, 0.1) is 0 Å². The molecule has 1 rings (SSSR count). The molecule has 0 aliphatic heterocycles. The van der Waals surface area contributed by atoms with Crippen LogP contribution in [0.5, 0.6) is 0 Å². The van der Waals surface area contributed by atoms with Crippen molar-refractivity contribution in [1.29, 1.82) is 0 Å². The summed E-state index contributed by atoms with van der Waals surface area (Å²) in [6, 6.07) is 9.17. The minimum absolute atomic E-state index is 0. The van der Waals surface area contributed by atoms with Crippen molar-refractivity contribution in [2.45, 2.75) is 52.4 Å². The molecule has 86 valence electrons. The summed E-state index contributed by atoms with van der Waals surface area (Å²) in [6.07, 6.45) is 7.69. The normalized spacial score (nSPS) is 9.73. The Kier molecular flexibility index (Phi) is 8.02. The zero-order valence-electron chi connectivity index (χ0n) is 10.3. The Morgan fingerprint density at radius 1 is 0.733 bits per heavy atom. The highest BCUT2D eigenvalue weighted by atomic mass is 14.0. The molecule has 0 aromatic heterocycles. The lowest BCUT2D eigenvalue weighted by Gasteiger charge is -2.02. The Morgan fingerprint density at radius 2 is 1.07 bits per heavy atom. The number of aryl methyl sites for hydroxylation is 2. The van der Waals surface area contributed by atoms with Crippen LogP contribution in [0.1, 0.15) is 50.7 Å². The minimum atomic E-state index is 0. The van der Waals surface area contributed by atoms with Gasteiger partial charge < -0.3 is 6.15 Å². The van der Waals surface area contributed by atoms with Gasteiger partial charge in [-0.1, -0.05) is 51.0 Å². The molecule has 0 heterocycles. The van der Waals surface area contributed by atoms with Crippen LogP contribution in [0.15, 0.2) is 24.3 Å². The second-order valence-corrected chi connectivity index (χ2v) is 4.02. The van der Waals surface area contributed by atoms with E-state index in [-0.39, 0.29) is 6.15 Å². The molecule has 15 heavy (non-hydrogen) atoms. The SMILES string of the molecule is CCCCc1ccc(CCCC)cc1.N. The molecule has 1 nitrogen and oxygen atoms in total. The van der Waals surface area contributed by atoms with Crippen LogP contribution in [0, 0.1) is 0 Å². The Bertz CT molecular complexity index is 211. The highest BCUT2D eigenvalue weighted by molar-refractivity contribution is 5.22. The van der Waals surface area contributed by atoms with Crippen LogP contribution in [0.3, 0.4) is 0 Å². The van der Waals surface area contributed by atoms with Crippen molar-refractivity contribution in [3.05, 3.63) is 35.4 Å².